The van der Waals surface area contributed by atoms with Gasteiger partial charge in [0.15, 0.2) is 0 Å². The Balaban J connectivity index is 1.77. The monoisotopic (exact) mass is 387 g/mol. The summed E-state index contributed by atoms with van der Waals surface area (Å²) in [6.45, 7) is 1.68. The number of benzene rings is 2. The number of aryl methyl sites for hydroxylation is 1. The van der Waals surface area contributed by atoms with E-state index in [2.05, 4.69) is 31.4 Å². The third-order valence-electron chi connectivity index (χ3n) is 3.90. The Labute approximate surface area is 167 Å². The van der Waals surface area contributed by atoms with Crippen molar-refractivity contribution in [2.75, 3.05) is 17.7 Å². The van der Waals surface area contributed by atoms with Crippen molar-refractivity contribution in [3.63, 3.8) is 0 Å². The molecule has 0 aliphatic rings. The quantitative estimate of drug-likeness (QED) is 0.644. The van der Waals surface area contributed by atoms with Gasteiger partial charge < -0.3 is 15.4 Å². The first kappa shape index (κ1) is 19.5. The summed E-state index contributed by atoms with van der Waals surface area (Å²) in [5.74, 6) is -0.0305. The van der Waals surface area contributed by atoms with Crippen molar-refractivity contribution in [2.45, 2.75) is 6.92 Å². The molecule has 3 rings (SSSR count). The minimum absolute atomic E-state index is 0.175. The topological polar surface area (TPSA) is 117 Å². The van der Waals surface area contributed by atoms with E-state index in [9.17, 15) is 9.59 Å². The number of esters is 1. The highest BCUT2D eigenvalue weighted by Crippen LogP contribution is 2.18. The van der Waals surface area contributed by atoms with Crippen LogP contribution in [-0.2, 0) is 4.74 Å². The summed E-state index contributed by atoms with van der Waals surface area (Å²) in [6, 6.07) is 16.8. The first-order valence-corrected chi connectivity index (χ1v) is 8.61. The van der Waals surface area contributed by atoms with Gasteiger partial charge in [0.05, 0.1) is 24.3 Å². The van der Waals surface area contributed by atoms with Crippen LogP contribution in [-0.4, -0.2) is 29.0 Å². The molecule has 0 aliphatic carbocycles. The van der Waals surface area contributed by atoms with E-state index in [0.29, 0.717) is 34.1 Å². The van der Waals surface area contributed by atoms with E-state index in [1.54, 1.807) is 55.5 Å². The second-order valence-corrected chi connectivity index (χ2v) is 6.03. The van der Waals surface area contributed by atoms with Gasteiger partial charge in [-0.05, 0) is 49.4 Å². The van der Waals surface area contributed by atoms with Gasteiger partial charge in [0, 0.05) is 17.4 Å². The van der Waals surface area contributed by atoms with Crippen LogP contribution in [0.15, 0.2) is 54.6 Å². The fraction of sp³-hybridized carbons (Fsp3) is 0.0952. The van der Waals surface area contributed by atoms with Gasteiger partial charge >= 0.3 is 5.97 Å². The number of nitrogens with one attached hydrogen (secondary N) is 2. The zero-order valence-corrected chi connectivity index (χ0v) is 15.8. The number of amides is 1. The van der Waals surface area contributed by atoms with Gasteiger partial charge in [-0.25, -0.2) is 14.8 Å². The van der Waals surface area contributed by atoms with Crippen LogP contribution < -0.4 is 10.6 Å². The van der Waals surface area contributed by atoms with Gasteiger partial charge in [0.25, 0.3) is 5.91 Å². The van der Waals surface area contributed by atoms with Crippen molar-refractivity contribution >= 4 is 29.1 Å². The highest BCUT2D eigenvalue weighted by Gasteiger charge is 2.12. The molecule has 8 heteroatoms. The smallest absolute Gasteiger partial charge is 0.337 e. The Morgan fingerprint density at radius 1 is 1.03 bits per heavy atom. The first-order valence-electron chi connectivity index (χ1n) is 8.61. The van der Waals surface area contributed by atoms with Gasteiger partial charge in [-0.15, -0.1) is 0 Å². The molecule has 1 heterocycles. The number of carbonyl (C=O) groups is 2. The Morgan fingerprint density at radius 3 is 2.48 bits per heavy atom. The fourth-order valence-electron chi connectivity index (χ4n) is 2.57. The molecular weight excluding hydrogens is 370 g/mol. The average Bonchev–Trinajstić information content (AvgIpc) is 2.73. The largest absolute Gasteiger partial charge is 0.465 e. The summed E-state index contributed by atoms with van der Waals surface area (Å²) in [5.41, 5.74) is 2.25. The van der Waals surface area contributed by atoms with E-state index in [0.717, 1.165) is 0 Å². The third kappa shape index (κ3) is 4.93. The number of hydrogen-bond acceptors (Lipinski definition) is 7. The number of nitrogens with zero attached hydrogens (tertiary/aromatic N) is 3. The molecule has 1 amide bonds. The Kier molecular flexibility index (Phi) is 5.80. The molecule has 0 fully saturated rings. The van der Waals surface area contributed by atoms with Crippen molar-refractivity contribution in [3.8, 4) is 6.07 Å². The van der Waals surface area contributed by atoms with E-state index in [1.165, 1.54) is 13.2 Å². The standard InChI is InChI=1S/C21H17N5O3/c1-13-23-18(11-19(24-13)25-17-5-3-4-14(10-17)12-22)20(27)26-16-8-6-15(7-9-16)21(28)29-2/h3-11H,1-2H3,(H,26,27)(H,23,24,25). The second-order valence-electron chi connectivity index (χ2n) is 6.03. The Morgan fingerprint density at radius 2 is 1.79 bits per heavy atom. The van der Waals surface area contributed by atoms with E-state index in [1.807, 2.05) is 0 Å². The summed E-state index contributed by atoms with van der Waals surface area (Å²) in [5, 5.41) is 14.8. The van der Waals surface area contributed by atoms with Crippen molar-refractivity contribution in [3.05, 3.63) is 77.2 Å². The third-order valence-corrected chi connectivity index (χ3v) is 3.90. The van der Waals surface area contributed by atoms with Crippen LogP contribution >= 0.6 is 0 Å². The molecule has 3 aromatic rings. The van der Waals surface area contributed by atoms with Gasteiger partial charge in [-0.1, -0.05) is 6.07 Å². The van der Waals surface area contributed by atoms with Gasteiger partial charge in [-0.2, -0.15) is 5.26 Å². The number of hydrogen-bond donors (Lipinski definition) is 2. The lowest BCUT2D eigenvalue weighted by Gasteiger charge is -2.10. The van der Waals surface area contributed by atoms with Crippen molar-refractivity contribution < 1.29 is 14.3 Å². The van der Waals surface area contributed by atoms with Gasteiger partial charge in [0.2, 0.25) is 0 Å². The van der Waals surface area contributed by atoms with Crippen molar-refractivity contribution in [2.24, 2.45) is 0 Å². The molecular formula is C21H17N5O3. The molecule has 2 aromatic carbocycles. The van der Waals surface area contributed by atoms with Crippen LogP contribution in [0, 0.1) is 18.3 Å². The number of aromatic nitrogens is 2. The molecule has 1 aromatic heterocycles. The molecule has 0 radical (unpaired) electrons. The van der Waals surface area contributed by atoms with Crippen LogP contribution in [0.2, 0.25) is 0 Å². The Bertz CT molecular complexity index is 1100. The summed E-state index contributed by atoms with van der Waals surface area (Å²) in [4.78, 5) is 32.5. The van der Waals surface area contributed by atoms with Crippen LogP contribution in [0.25, 0.3) is 0 Å². The summed E-state index contributed by atoms with van der Waals surface area (Å²) >= 11 is 0. The van der Waals surface area contributed by atoms with Gasteiger partial charge in [-0.3, -0.25) is 4.79 Å². The molecule has 0 aliphatic heterocycles. The summed E-state index contributed by atoms with van der Waals surface area (Å²) < 4.78 is 4.65. The van der Waals surface area contributed by atoms with Crippen LogP contribution in [0.1, 0.15) is 32.2 Å². The van der Waals surface area contributed by atoms with E-state index in [4.69, 9.17) is 5.26 Å². The summed E-state index contributed by atoms with van der Waals surface area (Å²) in [6.07, 6.45) is 0. The highest BCUT2D eigenvalue weighted by atomic mass is 16.5. The maximum atomic E-state index is 12.6. The lowest BCUT2D eigenvalue weighted by molar-refractivity contribution is 0.0600. The number of anilines is 3. The molecule has 0 bridgehead atoms. The lowest BCUT2D eigenvalue weighted by Crippen LogP contribution is -2.15. The molecule has 0 unspecified atom stereocenters. The molecule has 0 spiro atoms. The highest BCUT2D eigenvalue weighted by molar-refractivity contribution is 6.03. The number of methoxy groups -OCH3 is 1. The van der Waals surface area contributed by atoms with Crippen molar-refractivity contribution in [1.29, 1.82) is 5.26 Å². The molecule has 144 valence electrons. The fourth-order valence-corrected chi connectivity index (χ4v) is 2.57. The van der Waals surface area contributed by atoms with E-state index < -0.39 is 11.9 Å². The number of ether oxygens (including phenoxy) is 1. The number of nitriles is 1. The normalized spacial score (nSPS) is 9.97. The molecule has 0 saturated heterocycles. The molecule has 29 heavy (non-hydrogen) atoms. The van der Waals surface area contributed by atoms with E-state index >= 15 is 0 Å². The number of rotatable bonds is 5. The van der Waals surface area contributed by atoms with Gasteiger partial charge in [0.1, 0.15) is 17.3 Å². The van der Waals surface area contributed by atoms with Crippen LogP contribution in [0.3, 0.4) is 0 Å². The predicted molar refractivity (Wildman–Crippen MR) is 107 cm³/mol. The van der Waals surface area contributed by atoms with Crippen LogP contribution in [0.4, 0.5) is 17.2 Å². The molecule has 8 nitrogen and oxygen atoms in total. The maximum Gasteiger partial charge on any atom is 0.337 e. The predicted octanol–water partition coefficient (Wildman–Crippen LogP) is 3.44. The second kappa shape index (κ2) is 8.63. The van der Waals surface area contributed by atoms with E-state index in [-0.39, 0.29) is 5.69 Å². The molecule has 0 saturated carbocycles. The molecule has 2 N–H and O–H groups in total. The lowest BCUT2D eigenvalue weighted by atomic mass is 10.2. The minimum atomic E-state index is -0.453. The minimum Gasteiger partial charge on any atom is -0.465 e. The SMILES string of the molecule is COC(=O)c1ccc(NC(=O)c2cc(Nc3cccc(C#N)c3)nc(C)n2)cc1. The maximum absolute atomic E-state index is 12.6. The zero-order chi connectivity index (χ0) is 20.8. The summed E-state index contributed by atoms with van der Waals surface area (Å²) in [7, 11) is 1.30. The number of carbonyl (C=O) groups excluding carboxylic acids is 2. The molecule has 0 atom stereocenters. The zero-order valence-electron chi connectivity index (χ0n) is 15.8. The average molecular weight is 387 g/mol. The first-order chi connectivity index (χ1) is 14.0. The van der Waals surface area contributed by atoms with Crippen molar-refractivity contribution in [1.82, 2.24) is 9.97 Å². The van der Waals surface area contributed by atoms with Crippen LogP contribution in [0.5, 0.6) is 0 Å². The Hall–Kier alpha value is -4.25.